The van der Waals surface area contributed by atoms with Crippen LogP contribution in [0.15, 0.2) is 11.5 Å². The first kappa shape index (κ1) is 12.3. The zero-order chi connectivity index (χ0) is 11.1. The topological polar surface area (TPSA) is 93.1 Å². The average Bonchev–Trinajstić information content (AvgIpc) is 2.10. The molecule has 0 bridgehead atoms. The van der Waals surface area contributed by atoms with Crippen molar-refractivity contribution >= 4 is 12.3 Å². The lowest BCUT2D eigenvalue weighted by atomic mass is 10.3. The molecule has 0 aliphatic rings. The Morgan fingerprint density at radius 3 is 1.36 bits per heavy atom. The molecule has 80 valence electrons. The number of allylic oxidation sites excluding steroid dienone is 2. The van der Waals surface area contributed by atoms with Crippen LogP contribution in [0.5, 0.6) is 0 Å². The molecular formula is C8H12O6. The summed E-state index contributed by atoms with van der Waals surface area (Å²) in [4.78, 5) is 20.4. The van der Waals surface area contributed by atoms with E-state index in [1.807, 2.05) is 0 Å². The monoisotopic (exact) mass is 204 g/mol. The molecule has 0 aliphatic heterocycles. The SMILES string of the molecule is CC/C(OC(=O)O)=C(/CC)OC(=O)O. The van der Waals surface area contributed by atoms with Gasteiger partial charge >= 0.3 is 12.3 Å². The molecule has 0 unspecified atom stereocenters. The summed E-state index contributed by atoms with van der Waals surface area (Å²) >= 11 is 0. The summed E-state index contributed by atoms with van der Waals surface area (Å²) in [5, 5.41) is 16.7. The fraction of sp³-hybridized carbons (Fsp3) is 0.500. The van der Waals surface area contributed by atoms with Crippen molar-refractivity contribution in [2.45, 2.75) is 26.7 Å². The van der Waals surface area contributed by atoms with Gasteiger partial charge in [-0.15, -0.1) is 0 Å². The first-order chi connectivity index (χ1) is 6.51. The molecule has 0 atom stereocenters. The molecule has 0 saturated heterocycles. The van der Waals surface area contributed by atoms with Crippen LogP contribution in [-0.2, 0) is 9.47 Å². The number of hydrogen-bond donors (Lipinski definition) is 2. The molecule has 0 aromatic rings. The Kier molecular flexibility index (Phi) is 5.13. The van der Waals surface area contributed by atoms with Crippen molar-refractivity contribution in [2.24, 2.45) is 0 Å². The van der Waals surface area contributed by atoms with E-state index in [-0.39, 0.29) is 24.4 Å². The lowest BCUT2D eigenvalue weighted by molar-refractivity contribution is 0.0935. The second kappa shape index (κ2) is 5.85. The third-order valence-corrected chi connectivity index (χ3v) is 1.37. The summed E-state index contributed by atoms with van der Waals surface area (Å²) in [6, 6.07) is 0. The molecule has 0 rings (SSSR count). The van der Waals surface area contributed by atoms with Crippen LogP contribution in [-0.4, -0.2) is 22.5 Å². The van der Waals surface area contributed by atoms with E-state index in [1.54, 1.807) is 13.8 Å². The molecule has 0 aromatic carbocycles. The quantitative estimate of drug-likeness (QED) is 0.539. The Balaban J connectivity index is 4.71. The minimum atomic E-state index is -1.48. The van der Waals surface area contributed by atoms with Gasteiger partial charge in [-0.25, -0.2) is 9.59 Å². The van der Waals surface area contributed by atoms with E-state index >= 15 is 0 Å². The maximum absolute atomic E-state index is 10.2. The van der Waals surface area contributed by atoms with Crippen LogP contribution in [0.3, 0.4) is 0 Å². The number of carboxylic acid groups (broad SMARTS) is 2. The second-order valence-corrected chi connectivity index (χ2v) is 2.29. The van der Waals surface area contributed by atoms with Crippen LogP contribution in [0.25, 0.3) is 0 Å². The number of ether oxygens (including phenoxy) is 2. The smallest absolute Gasteiger partial charge is 0.449 e. The van der Waals surface area contributed by atoms with E-state index in [4.69, 9.17) is 10.2 Å². The van der Waals surface area contributed by atoms with Crippen LogP contribution in [0, 0.1) is 0 Å². The molecule has 0 fully saturated rings. The third kappa shape index (κ3) is 4.34. The Morgan fingerprint density at radius 2 is 1.21 bits per heavy atom. The van der Waals surface area contributed by atoms with Crippen LogP contribution < -0.4 is 0 Å². The van der Waals surface area contributed by atoms with Gasteiger partial charge in [-0.3, -0.25) is 0 Å². The summed E-state index contributed by atoms with van der Waals surface area (Å²) < 4.78 is 8.72. The van der Waals surface area contributed by atoms with Crippen LogP contribution in [0.2, 0.25) is 0 Å². The van der Waals surface area contributed by atoms with E-state index < -0.39 is 12.3 Å². The minimum Gasteiger partial charge on any atom is -0.449 e. The molecule has 0 heterocycles. The minimum absolute atomic E-state index is 0.0161. The van der Waals surface area contributed by atoms with Crippen molar-refractivity contribution in [1.82, 2.24) is 0 Å². The van der Waals surface area contributed by atoms with Gasteiger partial charge < -0.3 is 19.7 Å². The molecule has 0 aromatic heterocycles. The standard InChI is InChI=1S/C8H12O6/c1-3-5(13-7(9)10)6(4-2)14-8(11)12/h3-4H2,1-2H3,(H,9,10)(H,11,12)/b6-5+. The number of carbonyl (C=O) groups is 2. The van der Waals surface area contributed by atoms with Crippen molar-refractivity contribution < 1.29 is 29.3 Å². The van der Waals surface area contributed by atoms with E-state index in [2.05, 4.69) is 9.47 Å². The van der Waals surface area contributed by atoms with E-state index in [0.29, 0.717) is 0 Å². The lowest BCUT2D eigenvalue weighted by Gasteiger charge is -2.08. The first-order valence-corrected chi connectivity index (χ1v) is 4.04. The van der Waals surface area contributed by atoms with E-state index in [9.17, 15) is 9.59 Å². The van der Waals surface area contributed by atoms with Crippen molar-refractivity contribution in [3.05, 3.63) is 11.5 Å². The van der Waals surface area contributed by atoms with Gasteiger partial charge in [0.15, 0.2) is 0 Å². The summed E-state index contributed by atoms with van der Waals surface area (Å²) in [7, 11) is 0. The summed E-state index contributed by atoms with van der Waals surface area (Å²) in [5.74, 6) is 0.0322. The highest BCUT2D eigenvalue weighted by Gasteiger charge is 2.13. The van der Waals surface area contributed by atoms with Crippen LogP contribution in [0.1, 0.15) is 26.7 Å². The van der Waals surface area contributed by atoms with Gasteiger partial charge in [0.25, 0.3) is 0 Å². The Bertz CT molecular complexity index is 229. The molecule has 0 spiro atoms. The molecule has 14 heavy (non-hydrogen) atoms. The van der Waals surface area contributed by atoms with Crippen molar-refractivity contribution in [3.63, 3.8) is 0 Å². The molecule has 6 nitrogen and oxygen atoms in total. The van der Waals surface area contributed by atoms with Gasteiger partial charge in [0.05, 0.1) is 0 Å². The zero-order valence-corrected chi connectivity index (χ0v) is 7.94. The predicted molar refractivity (Wildman–Crippen MR) is 45.8 cm³/mol. The number of rotatable bonds is 4. The van der Waals surface area contributed by atoms with Gasteiger partial charge in [0.1, 0.15) is 11.5 Å². The summed E-state index contributed by atoms with van der Waals surface area (Å²) in [5.41, 5.74) is 0. The van der Waals surface area contributed by atoms with Crippen LogP contribution in [0.4, 0.5) is 9.59 Å². The molecular weight excluding hydrogens is 192 g/mol. The van der Waals surface area contributed by atoms with Crippen LogP contribution >= 0.6 is 0 Å². The Hall–Kier alpha value is -1.72. The summed E-state index contributed by atoms with van der Waals surface area (Å²) in [6.45, 7) is 3.28. The molecule has 2 N–H and O–H groups in total. The normalized spacial score (nSPS) is 11.6. The molecule has 6 heteroatoms. The Morgan fingerprint density at radius 1 is 0.929 bits per heavy atom. The third-order valence-electron chi connectivity index (χ3n) is 1.37. The van der Waals surface area contributed by atoms with E-state index in [0.717, 1.165) is 0 Å². The van der Waals surface area contributed by atoms with Gasteiger partial charge in [-0.1, -0.05) is 13.8 Å². The highest BCUT2D eigenvalue weighted by molar-refractivity contribution is 5.60. The van der Waals surface area contributed by atoms with Gasteiger partial charge in [0.2, 0.25) is 0 Å². The van der Waals surface area contributed by atoms with Gasteiger partial charge in [0, 0.05) is 12.8 Å². The van der Waals surface area contributed by atoms with E-state index in [1.165, 1.54) is 0 Å². The highest BCUT2D eigenvalue weighted by atomic mass is 16.7. The number of hydrogen-bond acceptors (Lipinski definition) is 4. The maximum Gasteiger partial charge on any atom is 0.511 e. The fourth-order valence-corrected chi connectivity index (χ4v) is 0.863. The fourth-order valence-electron chi connectivity index (χ4n) is 0.863. The van der Waals surface area contributed by atoms with Gasteiger partial charge in [-0.05, 0) is 0 Å². The summed E-state index contributed by atoms with van der Waals surface area (Å²) in [6.07, 6.45) is -2.46. The second-order valence-electron chi connectivity index (χ2n) is 2.29. The van der Waals surface area contributed by atoms with Crippen molar-refractivity contribution in [3.8, 4) is 0 Å². The zero-order valence-electron chi connectivity index (χ0n) is 7.94. The lowest BCUT2D eigenvalue weighted by Crippen LogP contribution is -2.07. The van der Waals surface area contributed by atoms with Crippen molar-refractivity contribution in [2.75, 3.05) is 0 Å². The highest BCUT2D eigenvalue weighted by Crippen LogP contribution is 2.15. The maximum atomic E-state index is 10.2. The van der Waals surface area contributed by atoms with Gasteiger partial charge in [-0.2, -0.15) is 0 Å². The Labute approximate surface area is 80.7 Å². The molecule has 0 saturated carbocycles. The predicted octanol–water partition coefficient (Wildman–Crippen LogP) is 2.41. The average molecular weight is 204 g/mol. The largest absolute Gasteiger partial charge is 0.511 e. The first-order valence-electron chi connectivity index (χ1n) is 4.04. The molecule has 0 amide bonds. The molecule has 0 radical (unpaired) electrons. The van der Waals surface area contributed by atoms with Crippen molar-refractivity contribution in [1.29, 1.82) is 0 Å². The molecule has 0 aliphatic carbocycles.